The summed E-state index contributed by atoms with van der Waals surface area (Å²) in [5, 5.41) is 17.6. The van der Waals surface area contributed by atoms with Crippen molar-refractivity contribution in [1.82, 2.24) is 9.80 Å². The van der Waals surface area contributed by atoms with Crippen LogP contribution in [0.4, 0.5) is 0 Å². The molecule has 0 heterocycles. The van der Waals surface area contributed by atoms with E-state index in [0.29, 0.717) is 6.54 Å². The van der Waals surface area contributed by atoms with Gasteiger partial charge < -0.3 is 15.1 Å². The predicted molar refractivity (Wildman–Crippen MR) is 76.0 cm³/mol. The first-order valence-corrected chi connectivity index (χ1v) is 7.39. The molecule has 1 saturated carbocycles. The lowest BCUT2D eigenvalue weighted by Crippen LogP contribution is -2.48. The molecule has 0 atom stereocenters. The van der Waals surface area contributed by atoms with Crippen LogP contribution in [0, 0.1) is 0 Å². The summed E-state index contributed by atoms with van der Waals surface area (Å²) in [6.45, 7) is 1.41. The molecule has 0 unspecified atom stereocenters. The molecule has 0 radical (unpaired) electrons. The van der Waals surface area contributed by atoms with E-state index in [9.17, 15) is 14.4 Å². The molecular formula is C14H24N2O5. The monoisotopic (exact) mass is 300 g/mol. The highest BCUT2D eigenvalue weighted by Crippen LogP contribution is 2.22. The van der Waals surface area contributed by atoms with Crippen molar-refractivity contribution in [2.45, 2.75) is 45.1 Å². The van der Waals surface area contributed by atoms with Crippen LogP contribution in [0.2, 0.25) is 0 Å². The third-order valence-electron chi connectivity index (χ3n) is 3.75. The van der Waals surface area contributed by atoms with Gasteiger partial charge in [0.15, 0.2) is 0 Å². The number of likely N-dealkylation sites (N-methyl/N-ethyl adjacent to an activating group) is 1. The Morgan fingerprint density at radius 3 is 1.90 bits per heavy atom. The fourth-order valence-corrected chi connectivity index (χ4v) is 2.86. The number of hydrogen-bond acceptors (Lipinski definition) is 4. The highest BCUT2D eigenvalue weighted by molar-refractivity contribution is 5.80. The van der Waals surface area contributed by atoms with Gasteiger partial charge in [-0.25, -0.2) is 0 Å². The largest absolute Gasteiger partial charge is 0.480 e. The minimum Gasteiger partial charge on any atom is -0.480 e. The van der Waals surface area contributed by atoms with Gasteiger partial charge in [0.05, 0.1) is 19.6 Å². The molecule has 0 spiro atoms. The van der Waals surface area contributed by atoms with Crippen LogP contribution in [0.5, 0.6) is 0 Å². The molecule has 0 aliphatic heterocycles. The Hall–Kier alpha value is -1.63. The quantitative estimate of drug-likeness (QED) is 0.682. The van der Waals surface area contributed by atoms with E-state index in [2.05, 4.69) is 0 Å². The molecule has 7 heteroatoms. The molecule has 1 rings (SSSR count). The zero-order valence-corrected chi connectivity index (χ0v) is 12.5. The number of aliphatic carboxylic acids is 2. The van der Waals surface area contributed by atoms with E-state index in [0.717, 1.165) is 30.6 Å². The fraction of sp³-hybridized carbons (Fsp3) is 0.786. The molecule has 0 saturated heterocycles. The molecule has 21 heavy (non-hydrogen) atoms. The molecule has 7 nitrogen and oxygen atoms in total. The second kappa shape index (κ2) is 8.61. The first-order valence-electron chi connectivity index (χ1n) is 7.39. The maximum atomic E-state index is 12.3. The lowest BCUT2D eigenvalue weighted by molar-refractivity contribution is -0.143. The predicted octanol–water partition coefficient (Wildman–Crippen LogP) is 0.639. The smallest absolute Gasteiger partial charge is 0.317 e. The van der Waals surface area contributed by atoms with Crippen LogP contribution in [0.25, 0.3) is 0 Å². The highest BCUT2D eigenvalue weighted by atomic mass is 16.4. The zero-order chi connectivity index (χ0) is 15.8. The number of amides is 1. The average molecular weight is 300 g/mol. The van der Waals surface area contributed by atoms with Crippen LogP contribution in [-0.2, 0) is 14.4 Å². The first-order chi connectivity index (χ1) is 9.93. The van der Waals surface area contributed by atoms with Crippen LogP contribution in [0.1, 0.15) is 39.0 Å². The molecule has 1 fully saturated rings. The van der Waals surface area contributed by atoms with E-state index in [-0.39, 0.29) is 18.5 Å². The number of nitrogens with zero attached hydrogens (tertiary/aromatic N) is 2. The third kappa shape index (κ3) is 6.12. The van der Waals surface area contributed by atoms with Crippen molar-refractivity contribution in [3.05, 3.63) is 0 Å². The summed E-state index contributed by atoms with van der Waals surface area (Å²) in [5.41, 5.74) is 0. The number of hydrogen-bond donors (Lipinski definition) is 2. The van der Waals surface area contributed by atoms with Gasteiger partial charge >= 0.3 is 11.9 Å². The molecule has 120 valence electrons. The van der Waals surface area contributed by atoms with E-state index < -0.39 is 25.0 Å². The molecule has 0 bridgehead atoms. The highest BCUT2D eigenvalue weighted by Gasteiger charge is 2.26. The zero-order valence-electron chi connectivity index (χ0n) is 12.5. The number of rotatable bonds is 8. The van der Waals surface area contributed by atoms with Gasteiger partial charge in [-0.05, 0) is 19.8 Å². The minimum absolute atomic E-state index is 0.164. The van der Waals surface area contributed by atoms with Crippen LogP contribution in [0.15, 0.2) is 0 Å². The first kappa shape index (κ1) is 17.4. The molecule has 0 aromatic carbocycles. The summed E-state index contributed by atoms with van der Waals surface area (Å²) in [7, 11) is 0. The third-order valence-corrected chi connectivity index (χ3v) is 3.75. The Labute approximate surface area is 124 Å². The summed E-state index contributed by atoms with van der Waals surface area (Å²) in [5.74, 6) is -2.46. The average Bonchev–Trinajstić information content (AvgIpc) is 2.39. The lowest BCUT2D eigenvalue weighted by atomic mass is 9.94. The Morgan fingerprint density at radius 1 is 0.952 bits per heavy atom. The summed E-state index contributed by atoms with van der Waals surface area (Å²) in [4.78, 5) is 36.8. The van der Waals surface area contributed by atoms with E-state index in [1.54, 1.807) is 4.90 Å². The maximum Gasteiger partial charge on any atom is 0.317 e. The Bertz CT molecular complexity index is 364. The lowest BCUT2D eigenvalue weighted by Gasteiger charge is -2.34. The number of carbonyl (C=O) groups excluding carboxylic acids is 1. The van der Waals surface area contributed by atoms with Crippen molar-refractivity contribution in [3.63, 3.8) is 0 Å². The van der Waals surface area contributed by atoms with Gasteiger partial charge in [-0.1, -0.05) is 19.3 Å². The second-order valence-corrected chi connectivity index (χ2v) is 5.40. The Morgan fingerprint density at radius 2 is 1.48 bits per heavy atom. The van der Waals surface area contributed by atoms with Crippen LogP contribution in [-0.4, -0.2) is 70.1 Å². The topological polar surface area (TPSA) is 98.2 Å². The molecular weight excluding hydrogens is 276 g/mol. The second-order valence-electron chi connectivity index (χ2n) is 5.40. The van der Waals surface area contributed by atoms with E-state index in [1.165, 1.54) is 6.42 Å². The van der Waals surface area contributed by atoms with E-state index >= 15 is 0 Å². The van der Waals surface area contributed by atoms with Crippen LogP contribution in [0.3, 0.4) is 0 Å². The van der Waals surface area contributed by atoms with Crippen molar-refractivity contribution < 1.29 is 24.6 Å². The fourth-order valence-electron chi connectivity index (χ4n) is 2.86. The minimum atomic E-state index is -1.13. The number of carboxylic acids is 2. The van der Waals surface area contributed by atoms with Gasteiger partial charge in [0.1, 0.15) is 0 Å². The van der Waals surface area contributed by atoms with E-state index in [4.69, 9.17) is 10.2 Å². The van der Waals surface area contributed by atoms with Gasteiger partial charge in [-0.3, -0.25) is 19.3 Å². The Kier molecular flexibility index (Phi) is 7.14. The van der Waals surface area contributed by atoms with Gasteiger partial charge in [-0.2, -0.15) is 0 Å². The SMILES string of the molecule is CCN(C(=O)CN(CC(=O)O)CC(=O)O)C1CCCCC1. The molecule has 0 aromatic rings. The number of carboxylic acid groups (broad SMARTS) is 2. The van der Waals surface area contributed by atoms with Crippen LogP contribution < -0.4 is 0 Å². The van der Waals surface area contributed by atoms with E-state index in [1.807, 2.05) is 6.92 Å². The van der Waals surface area contributed by atoms with Crippen molar-refractivity contribution in [2.75, 3.05) is 26.2 Å². The van der Waals surface area contributed by atoms with Gasteiger partial charge in [0, 0.05) is 12.6 Å². The van der Waals surface area contributed by atoms with Crippen molar-refractivity contribution in [1.29, 1.82) is 0 Å². The van der Waals surface area contributed by atoms with Gasteiger partial charge in [0.25, 0.3) is 0 Å². The van der Waals surface area contributed by atoms with Gasteiger partial charge in [-0.15, -0.1) is 0 Å². The van der Waals surface area contributed by atoms with Crippen molar-refractivity contribution in [2.24, 2.45) is 0 Å². The summed E-state index contributed by atoms with van der Waals surface area (Å²) in [6.07, 6.45) is 5.33. The molecule has 2 N–H and O–H groups in total. The Balaban J connectivity index is 2.63. The maximum absolute atomic E-state index is 12.3. The molecule has 0 aromatic heterocycles. The van der Waals surface area contributed by atoms with Crippen LogP contribution >= 0.6 is 0 Å². The summed E-state index contributed by atoms with van der Waals surface area (Å²) >= 11 is 0. The normalized spacial score (nSPS) is 15.9. The molecule has 1 amide bonds. The van der Waals surface area contributed by atoms with Crippen molar-refractivity contribution in [3.8, 4) is 0 Å². The number of carbonyl (C=O) groups is 3. The molecule has 1 aliphatic rings. The summed E-state index contributed by atoms with van der Waals surface area (Å²) < 4.78 is 0. The van der Waals surface area contributed by atoms with Crippen molar-refractivity contribution >= 4 is 17.8 Å². The molecule has 1 aliphatic carbocycles. The van der Waals surface area contributed by atoms with Gasteiger partial charge in [0.2, 0.25) is 5.91 Å². The standard InChI is InChI=1S/C14H24N2O5/c1-2-16(11-6-4-3-5-7-11)12(17)8-15(9-13(18)19)10-14(20)21/h11H,2-10H2,1H3,(H,18,19)(H,20,21). The summed E-state index contributed by atoms with van der Waals surface area (Å²) in [6, 6.07) is 0.202.